The van der Waals surface area contributed by atoms with Gasteiger partial charge in [0.25, 0.3) is 0 Å². The van der Waals surface area contributed by atoms with Crippen LogP contribution in [-0.4, -0.2) is 25.8 Å². The Kier molecular flexibility index (Phi) is 5.62. The molecule has 1 aromatic rings. The number of benzene rings is 1. The van der Waals surface area contributed by atoms with Crippen molar-refractivity contribution in [2.45, 2.75) is 31.8 Å². The van der Waals surface area contributed by atoms with Gasteiger partial charge in [-0.1, -0.05) is 37.3 Å². The summed E-state index contributed by atoms with van der Waals surface area (Å²) >= 11 is 0. The van der Waals surface area contributed by atoms with Crippen molar-refractivity contribution in [1.29, 1.82) is 0 Å². The summed E-state index contributed by atoms with van der Waals surface area (Å²) in [6.07, 6.45) is 0.953. The molecule has 0 saturated heterocycles. The molecule has 3 heteroatoms. The molecule has 0 aromatic heterocycles. The highest BCUT2D eigenvalue weighted by Crippen LogP contribution is 2.18. The van der Waals surface area contributed by atoms with Crippen LogP contribution in [0.25, 0.3) is 0 Å². The molecule has 2 atom stereocenters. The maximum Gasteiger partial charge on any atom is 0.0656 e. The van der Waals surface area contributed by atoms with Gasteiger partial charge in [-0.05, 0) is 18.9 Å². The molecule has 3 N–H and O–H groups in total. The monoisotopic (exact) mass is 236 g/mol. The van der Waals surface area contributed by atoms with E-state index in [0.29, 0.717) is 13.2 Å². The Bertz CT molecular complexity index is 309. The molecule has 96 valence electrons. The third-order valence-electron chi connectivity index (χ3n) is 3.31. The Hall–Kier alpha value is -0.900. The van der Waals surface area contributed by atoms with Crippen LogP contribution in [0.5, 0.6) is 0 Å². The number of hydrogen-bond acceptors (Lipinski definition) is 3. The number of nitrogens with two attached hydrogens (primary N) is 1. The second-order valence-corrected chi connectivity index (χ2v) is 4.55. The first-order valence-corrected chi connectivity index (χ1v) is 6.19. The molecule has 3 nitrogen and oxygen atoms in total. The molecule has 0 saturated carbocycles. The Morgan fingerprint density at radius 3 is 2.47 bits per heavy atom. The molecule has 0 spiro atoms. The number of hydrogen-bond donors (Lipinski definition) is 2. The fraction of sp³-hybridized carbons (Fsp3) is 0.571. The van der Waals surface area contributed by atoms with Gasteiger partial charge in [0.1, 0.15) is 0 Å². The van der Waals surface area contributed by atoms with E-state index in [1.807, 2.05) is 6.07 Å². The molecule has 1 rings (SSSR count). The normalized spacial score (nSPS) is 16.5. The Balaban J connectivity index is 2.73. The average Bonchev–Trinajstić information content (AvgIpc) is 2.39. The van der Waals surface area contributed by atoms with Gasteiger partial charge >= 0.3 is 0 Å². The quantitative estimate of drug-likeness (QED) is 0.762. The SMILES string of the molecule is CCC(CN)(COC)NC(C)c1ccccc1. The molecular weight excluding hydrogens is 212 g/mol. The summed E-state index contributed by atoms with van der Waals surface area (Å²) in [5.41, 5.74) is 7.03. The Labute approximate surface area is 104 Å². The number of rotatable bonds is 7. The van der Waals surface area contributed by atoms with E-state index in [-0.39, 0.29) is 11.6 Å². The molecule has 0 heterocycles. The van der Waals surface area contributed by atoms with Crippen molar-refractivity contribution in [2.75, 3.05) is 20.3 Å². The van der Waals surface area contributed by atoms with Crippen molar-refractivity contribution in [3.8, 4) is 0 Å². The molecule has 0 bridgehead atoms. The van der Waals surface area contributed by atoms with Crippen LogP contribution in [0.3, 0.4) is 0 Å². The van der Waals surface area contributed by atoms with Crippen molar-refractivity contribution in [1.82, 2.24) is 5.32 Å². The van der Waals surface area contributed by atoms with Crippen molar-refractivity contribution in [3.63, 3.8) is 0 Å². The smallest absolute Gasteiger partial charge is 0.0656 e. The molecule has 0 aliphatic rings. The average molecular weight is 236 g/mol. The largest absolute Gasteiger partial charge is 0.383 e. The maximum atomic E-state index is 5.89. The second-order valence-electron chi connectivity index (χ2n) is 4.55. The van der Waals surface area contributed by atoms with Gasteiger partial charge in [0, 0.05) is 19.7 Å². The predicted molar refractivity (Wildman–Crippen MR) is 71.9 cm³/mol. The fourth-order valence-corrected chi connectivity index (χ4v) is 2.07. The van der Waals surface area contributed by atoms with Gasteiger partial charge in [0.15, 0.2) is 0 Å². The van der Waals surface area contributed by atoms with Gasteiger partial charge in [-0.3, -0.25) is 0 Å². The molecule has 0 aliphatic heterocycles. The first kappa shape index (κ1) is 14.2. The zero-order valence-corrected chi connectivity index (χ0v) is 11.1. The van der Waals surface area contributed by atoms with Crippen LogP contribution in [0.1, 0.15) is 31.9 Å². The molecule has 0 aliphatic carbocycles. The van der Waals surface area contributed by atoms with E-state index in [2.05, 4.69) is 43.4 Å². The van der Waals surface area contributed by atoms with Crippen molar-refractivity contribution < 1.29 is 4.74 Å². The lowest BCUT2D eigenvalue weighted by atomic mass is 9.94. The Morgan fingerprint density at radius 2 is 2.00 bits per heavy atom. The molecule has 2 unspecified atom stereocenters. The van der Waals surface area contributed by atoms with E-state index in [1.54, 1.807) is 7.11 Å². The van der Waals surface area contributed by atoms with Crippen LogP contribution in [-0.2, 0) is 4.74 Å². The van der Waals surface area contributed by atoms with E-state index in [9.17, 15) is 0 Å². The zero-order chi connectivity index (χ0) is 12.7. The van der Waals surface area contributed by atoms with Gasteiger partial charge in [-0.2, -0.15) is 0 Å². The van der Waals surface area contributed by atoms with Crippen LogP contribution >= 0.6 is 0 Å². The summed E-state index contributed by atoms with van der Waals surface area (Å²) < 4.78 is 5.28. The van der Waals surface area contributed by atoms with Gasteiger partial charge in [0.05, 0.1) is 12.1 Å². The maximum absolute atomic E-state index is 5.89. The highest BCUT2D eigenvalue weighted by Gasteiger charge is 2.28. The lowest BCUT2D eigenvalue weighted by Gasteiger charge is -2.35. The molecule has 0 fully saturated rings. The fourth-order valence-electron chi connectivity index (χ4n) is 2.07. The van der Waals surface area contributed by atoms with Gasteiger partial charge < -0.3 is 15.8 Å². The number of ether oxygens (including phenoxy) is 1. The highest BCUT2D eigenvalue weighted by atomic mass is 16.5. The van der Waals surface area contributed by atoms with Crippen LogP contribution in [0.4, 0.5) is 0 Å². The van der Waals surface area contributed by atoms with E-state index >= 15 is 0 Å². The van der Waals surface area contributed by atoms with Crippen molar-refractivity contribution in [2.24, 2.45) is 5.73 Å². The van der Waals surface area contributed by atoms with Gasteiger partial charge in [-0.25, -0.2) is 0 Å². The van der Waals surface area contributed by atoms with E-state index in [0.717, 1.165) is 6.42 Å². The van der Waals surface area contributed by atoms with Crippen LogP contribution in [0.15, 0.2) is 30.3 Å². The minimum Gasteiger partial charge on any atom is -0.383 e. The minimum atomic E-state index is -0.135. The lowest BCUT2D eigenvalue weighted by Crippen LogP contribution is -2.54. The van der Waals surface area contributed by atoms with E-state index < -0.39 is 0 Å². The third-order valence-corrected chi connectivity index (χ3v) is 3.31. The summed E-state index contributed by atoms with van der Waals surface area (Å²) in [6.45, 7) is 5.51. The second kappa shape index (κ2) is 6.74. The highest BCUT2D eigenvalue weighted by molar-refractivity contribution is 5.18. The molecular formula is C14H24N2O. The molecule has 0 amide bonds. The first-order valence-electron chi connectivity index (χ1n) is 6.19. The molecule has 0 radical (unpaired) electrons. The van der Waals surface area contributed by atoms with Gasteiger partial charge in [0.2, 0.25) is 0 Å². The molecule has 1 aromatic carbocycles. The summed E-state index contributed by atoms with van der Waals surface area (Å²) in [4.78, 5) is 0. The zero-order valence-electron chi connectivity index (χ0n) is 11.1. The number of methoxy groups -OCH3 is 1. The van der Waals surface area contributed by atoms with Crippen molar-refractivity contribution in [3.05, 3.63) is 35.9 Å². The van der Waals surface area contributed by atoms with Crippen LogP contribution in [0.2, 0.25) is 0 Å². The summed E-state index contributed by atoms with van der Waals surface area (Å²) in [5, 5.41) is 3.60. The van der Waals surface area contributed by atoms with Crippen molar-refractivity contribution >= 4 is 0 Å². The minimum absolute atomic E-state index is 0.135. The Morgan fingerprint density at radius 1 is 1.35 bits per heavy atom. The topological polar surface area (TPSA) is 47.3 Å². The lowest BCUT2D eigenvalue weighted by molar-refractivity contribution is 0.103. The van der Waals surface area contributed by atoms with E-state index in [1.165, 1.54) is 5.56 Å². The van der Waals surface area contributed by atoms with E-state index in [4.69, 9.17) is 10.5 Å². The summed E-state index contributed by atoms with van der Waals surface area (Å²) in [7, 11) is 1.72. The van der Waals surface area contributed by atoms with Crippen LogP contribution in [0, 0.1) is 0 Å². The first-order chi connectivity index (χ1) is 8.17. The third kappa shape index (κ3) is 3.80. The van der Waals surface area contributed by atoms with Gasteiger partial charge in [-0.15, -0.1) is 0 Å². The van der Waals surface area contributed by atoms with Crippen LogP contribution < -0.4 is 11.1 Å². The summed E-state index contributed by atoms with van der Waals surface area (Å²) in [6, 6.07) is 10.7. The number of nitrogens with one attached hydrogen (secondary N) is 1. The molecule has 17 heavy (non-hydrogen) atoms. The predicted octanol–water partition coefficient (Wildman–Crippen LogP) is 2.09. The standard InChI is InChI=1S/C14H24N2O/c1-4-14(10-15,11-17-3)16-12(2)13-8-6-5-7-9-13/h5-9,12,16H,4,10-11,15H2,1-3H3. The summed E-state index contributed by atoms with van der Waals surface area (Å²) in [5.74, 6) is 0.